The van der Waals surface area contributed by atoms with Crippen molar-refractivity contribution >= 4 is 10.9 Å². The lowest BCUT2D eigenvalue weighted by Gasteiger charge is -2.37. The molecule has 32 heavy (non-hydrogen) atoms. The van der Waals surface area contributed by atoms with Crippen molar-refractivity contribution in [1.82, 2.24) is 9.97 Å². The van der Waals surface area contributed by atoms with Crippen molar-refractivity contribution < 1.29 is 27.4 Å². The number of aromatic nitrogens is 2. The fourth-order valence-corrected chi connectivity index (χ4v) is 4.15. The minimum atomic E-state index is -3.15. The van der Waals surface area contributed by atoms with Crippen LogP contribution < -0.4 is 4.74 Å². The van der Waals surface area contributed by atoms with Crippen molar-refractivity contribution in [1.29, 1.82) is 0 Å². The molecule has 0 spiro atoms. The van der Waals surface area contributed by atoms with E-state index in [1.165, 1.54) is 25.3 Å². The van der Waals surface area contributed by atoms with Gasteiger partial charge in [-0.1, -0.05) is 13.0 Å². The van der Waals surface area contributed by atoms with E-state index >= 15 is 0 Å². The summed E-state index contributed by atoms with van der Waals surface area (Å²) in [6.07, 6.45) is -2.73. The van der Waals surface area contributed by atoms with Gasteiger partial charge in [-0.25, -0.2) is 18.2 Å². The van der Waals surface area contributed by atoms with E-state index in [-0.39, 0.29) is 11.7 Å². The number of H-pyrrole nitrogens is 1. The van der Waals surface area contributed by atoms with Crippen LogP contribution in [0.5, 0.6) is 5.88 Å². The van der Waals surface area contributed by atoms with E-state index in [2.05, 4.69) is 9.97 Å². The lowest BCUT2D eigenvalue weighted by molar-refractivity contribution is -0.113. The number of fused-ring (bicyclic) bond motifs is 1. The molecule has 2 heterocycles. The highest BCUT2D eigenvalue weighted by Crippen LogP contribution is 2.39. The number of alkyl halides is 3. The number of nitrogens with zero attached hydrogens (tertiary/aromatic N) is 1. The summed E-state index contributed by atoms with van der Waals surface area (Å²) in [5.74, 6) is -0.192. The number of aryl methyl sites for hydroxylation is 1. The van der Waals surface area contributed by atoms with Crippen LogP contribution in [-0.4, -0.2) is 39.9 Å². The van der Waals surface area contributed by atoms with Gasteiger partial charge in [-0.3, -0.25) is 4.39 Å². The molecule has 0 aliphatic heterocycles. The largest absolute Gasteiger partial charge is 0.475 e. The van der Waals surface area contributed by atoms with Gasteiger partial charge in [0.2, 0.25) is 5.88 Å². The van der Waals surface area contributed by atoms with Gasteiger partial charge >= 0.3 is 0 Å². The summed E-state index contributed by atoms with van der Waals surface area (Å²) < 4.78 is 61.8. The van der Waals surface area contributed by atoms with Gasteiger partial charge < -0.3 is 14.8 Å². The second-order valence-corrected chi connectivity index (χ2v) is 8.98. The topological polar surface area (TPSA) is 58.1 Å². The third-order valence-corrected chi connectivity index (χ3v) is 5.64. The summed E-state index contributed by atoms with van der Waals surface area (Å²) >= 11 is 0. The first-order chi connectivity index (χ1) is 15.0. The minimum Gasteiger partial charge on any atom is -0.475 e. The van der Waals surface area contributed by atoms with Crippen molar-refractivity contribution in [3.63, 3.8) is 0 Å². The van der Waals surface area contributed by atoms with E-state index in [9.17, 15) is 22.7 Å². The lowest BCUT2D eigenvalue weighted by atomic mass is 9.72. The van der Waals surface area contributed by atoms with Gasteiger partial charge in [-0.05, 0) is 56.5 Å². The number of hydrogen-bond acceptors (Lipinski definition) is 3. The molecule has 2 atom stereocenters. The van der Waals surface area contributed by atoms with Crippen molar-refractivity contribution in [2.45, 2.75) is 64.1 Å². The highest BCUT2D eigenvalue weighted by atomic mass is 19.3. The molecule has 8 heteroatoms. The van der Waals surface area contributed by atoms with Gasteiger partial charge in [0.15, 0.2) is 0 Å². The zero-order valence-electron chi connectivity index (χ0n) is 18.6. The van der Waals surface area contributed by atoms with Crippen LogP contribution in [-0.2, 0) is 11.8 Å². The highest BCUT2D eigenvalue weighted by Gasteiger charge is 2.46. The van der Waals surface area contributed by atoms with E-state index < -0.39 is 42.8 Å². The van der Waals surface area contributed by atoms with Crippen LogP contribution in [0.1, 0.15) is 44.0 Å². The first kappa shape index (κ1) is 24.0. The second kappa shape index (κ2) is 9.10. The van der Waals surface area contributed by atoms with Gasteiger partial charge in [0, 0.05) is 29.0 Å². The van der Waals surface area contributed by atoms with Crippen LogP contribution in [0.15, 0.2) is 36.5 Å². The van der Waals surface area contributed by atoms with Gasteiger partial charge in [0.05, 0.1) is 24.5 Å². The molecule has 174 valence electrons. The van der Waals surface area contributed by atoms with Crippen LogP contribution in [0.25, 0.3) is 10.9 Å². The van der Waals surface area contributed by atoms with Crippen LogP contribution in [0, 0.1) is 12.7 Å². The number of nitrogens with one attached hydrogen (secondary N) is 1. The number of pyridine rings is 1. The molecular formula is C24H28F4N2O2. The zero-order valence-corrected chi connectivity index (χ0v) is 18.6. The van der Waals surface area contributed by atoms with Crippen molar-refractivity contribution in [3.8, 4) is 5.88 Å². The number of halogens is 4. The molecular weight excluding hydrogens is 424 g/mol. The Bertz CT molecular complexity index is 1090. The summed E-state index contributed by atoms with van der Waals surface area (Å²) in [6, 6.07) is 7.16. The molecule has 3 aromatic rings. The number of ether oxygens (including phenoxy) is 1. The molecule has 0 aliphatic rings. The fourth-order valence-electron chi connectivity index (χ4n) is 4.15. The monoisotopic (exact) mass is 452 g/mol. The van der Waals surface area contributed by atoms with Crippen LogP contribution in [0.4, 0.5) is 17.6 Å². The van der Waals surface area contributed by atoms with Crippen molar-refractivity contribution in [2.24, 2.45) is 0 Å². The quantitative estimate of drug-likeness (QED) is 0.412. The van der Waals surface area contributed by atoms with Crippen LogP contribution in [0.3, 0.4) is 0 Å². The smallest absolute Gasteiger partial charge is 0.267 e. The fraction of sp³-hybridized carbons (Fsp3) is 0.458. The molecule has 0 bridgehead atoms. The first-order valence-electron chi connectivity index (χ1n) is 10.4. The Balaban J connectivity index is 1.93. The number of aromatic amines is 1. The Hall–Kier alpha value is -2.61. The predicted molar refractivity (Wildman–Crippen MR) is 116 cm³/mol. The third-order valence-electron chi connectivity index (χ3n) is 5.64. The third kappa shape index (κ3) is 5.06. The molecule has 2 N–H and O–H groups in total. The molecule has 0 amide bonds. The molecule has 0 fully saturated rings. The predicted octanol–water partition coefficient (Wildman–Crippen LogP) is 5.65. The first-order valence-corrected chi connectivity index (χ1v) is 10.4. The Morgan fingerprint density at radius 2 is 1.91 bits per heavy atom. The maximum atomic E-state index is 14.2. The van der Waals surface area contributed by atoms with E-state index in [1.54, 1.807) is 19.1 Å². The van der Waals surface area contributed by atoms with E-state index in [0.29, 0.717) is 28.0 Å². The van der Waals surface area contributed by atoms with E-state index in [1.807, 2.05) is 13.8 Å². The molecule has 4 nitrogen and oxygen atoms in total. The van der Waals surface area contributed by atoms with Gasteiger partial charge in [-0.2, -0.15) is 0 Å². The minimum absolute atomic E-state index is 0.0769. The number of aliphatic hydroxyl groups is 1. The van der Waals surface area contributed by atoms with E-state index in [0.717, 1.165) is 6.07 Å². The standard InChI is InChI=1S/C24H28F4N2O2/c1-14(2)32-21-8-16-7-18(30-20(16)11-29-21)10-24(31,22(27)28)12-23(4,13-25)19-9-17(26)6-5-15(19)3/h5-9,11,14,22,30-31H,10,12-13H2,1-4H3. The normalized spacial score (nSPS) is 15.8. The summed E-state index contributed by atoms with van der Waals surface area (Å²) in [5.41, 5.74) is -2.26. The zero-order chi connectivity index (χ0) is 23.7. The Morgan fingerprint density at radius 3 is 2.53 bits per heavy atom. The SMILES string of the molecule is Cc1ccc(F)cc1C(C)(CF)CC(O)(Cc1cc2cc(OC(C)C)ncc2[nH]1)C(F)F. The molecule has 0 radical (unpaired) electrons. The number of benzene rings is 1. The van der Waals surface area contributed by atoms with Crippen LogP contribution in [0.2, 0.25) is 0 Å². The maximum absolute atomic E-state index is 14.2. The van der Waals surface area contributed by atoms with Crippen molar-refractivity contribution in [3.05, 3.63) is 59.2 Å². The van der Waals surface area contributed by atoms with Gasteiger partial charge in [0.1, 0.15) is 11.4 Å². The molecule has 0 aliphatic carbocycles. The average molecular weight is 452 g/mol. The molecule has 2 aromatic heterocycles. The molecule has 0 saturated carbocycles. The van der Waals surface area contributed by atoms with Crippen molar-refractivity contribution in [2.75, 3.05) is 6.67 Å². The second-order valence-electron chi connectivity index (χ2n) is 8.98. The molecule has 0 saturated heterocycles. The molecule has 2 unspecified atom stereocenters. The number of rotatable bonds is 9. The Labute approximate surface area is 184 Å². The maximum Gasteiger partial charge on any atom is 0.267 e. The van der Waals surface area contributed by atoms with E-state index in [4.69, 9.17) is 4.74 Å². The summed E-state index contributed by atoms with van der Waals surface area (Å²) in [4.78, 5) is 7.16. The average Bonchev–Trinajstić information content (AvgIpc) is 3.10. The molecule has 3 rings (SSSR count). The summed E-state index contributed by atoms with van der Waals surface area (Å²) in [5, 5.41) is 11.6. The van der Waals surface area contributed by atoms with Gasteiger partial charge in [0.25, 0.3) is 6.43 Å². The lowest BCUT2D eigenvalue weighted by Crippen LogP contribution is -2.46. The van der Waals surface area contributed by atoms with Gasteiger partial charge in [-0.15, -0.1) is 0 Å². The Morgan fingerprint density at radius 1 is 1.19 bits per heavy atom. The molecule has 1 aromatic carbocycles. The highest BCUT2D eigenvalue weighted by molar-refractivity contribution is 5.80. The summed E-state index contributed by atoms with van der Waals surface area (Å²) in [6.45, 7) is 5.77. The Kier molecular flexibility index (Phi) is 6.83. The van der Waals surface area contributed by atoms with Crippen LogP contribution >= 0.6 is 0 Å². The number of hydrogen-bond donors (Lipinski definition) is 2. The summed E-state index contributed by atoms with van der Waals surface area (Å²) in [7, 11) is 0.